The van der Waals surface area contributed by atoms with Crippen LogP contribution in [0.5, 0.6) is 11.5 Å². The van der Waals surface area contributed by atoms with Gasteiger partial charge in [0.25, 0.3) is 0 Å². The van der Waals surface area contributed by atoms with Crippen molar-refractivity contribution < 1.29 is 9.47 Å². The average molecular weight is 221 g/mol. The van der Waals surface area contributed by atoms with E-state index in [1.54, 1.807) is 14.2 Å². The lowest BCUT2D eigenvalue weighted by Gasteiger charge is -2.10. The molecule has 0 saturated heterocycles. The molecule has 0 aromatic heterocycles. The molecule has 3 nitrogen and oxygen atoms in total. The average Bonchev–Trinajstić information content (AvgIpc) is 3.08. The highest BCUT2D eigenvalue weighted by atomic mass is 16.5. The Labute approximate surface area is 96.8 Å². The normalized spacial score (nSPS) is 22.9. The van der Waals surface area contributed by atoms with Gasteiger partial charge in [-0.25, -0.2) is 0 Å². The van der Waals surface area contributed by atoms with Gasteiger partial charge in [-0.1, -0.05) is 6.07 Å². The number of methoxy groups -OCH3 is 2. The van der Waals surface area contributed by atoms with Crippen molar-refractivity contribution in [2.24, 2.45) is 5.92 Å². The minimum Gasteiger partial charge on any atom is -0.497 e. The van der Waals surface area contributed by atoms with E-state index in [4.69, 9.17) is 9.47 Å². The van der Waals surface area contributed by atoms with Crippen molar-refractivity contribution in [3.63, 3.8) is 0 Å². The summed E-state index contributed by atoms with van der Waals surface area (Å²) in [5.41, 5.74) is 1.31. The van der Waals surface area contributed by atoms with Crippen molar-refractivity contribution in [2.45, 2.75) is 12.3 Å². The molecule has 16 heavy (non-hydrogen) atoms. The number of rotatable bonds is 5. The monoisotopic (exact) mass is 221 g/mol. The SMILES string of the molecule is CNC[C@@H]1C[C@H]1c1ccc(OC)cc1OC. The highest BCUT2D eigenvalue weighted by Crippen LogP contribution is 2.50. The summed E-state index contributed by atoms with van der Waals surface area (Å²) < 4.78 is 10.6. The predicted octanol–water partition coefficient (Wildman–Crippen LogP) is 2.03. The fourth-order valence-electron chi connectivity index (χ4n) is 2.24. The molecule has 1 aromatic rings. The molecule has 1 fully saturated rings. The van der Waals surface area contributed by atoms with Gasteiger partial charge in [-0.3, -0.25) is 0 Å². The van der Waals surface area contributed by atoms with Crippen LogP contribution in [0.25, 0.3) is 0 Å². The Morgan fingerprint density at radius 2 is 2.12 bits per heavy atom. The molecule has 0 amide bonds. The second-order valence-corrected chi connectivity index (χ2v) is 4.27. The molecule has 1 aromatic carbocycles. The van der Waals surface area contributed by atoms with Crippen molar-refractivity contribution in [3.05, 3.63) is 23.8 Å². The lowest BCUT2D eigenvalue weighted by molar-refractivity contribution is 0.390. The fourth-order valence-corrected chi connectivity index (χ4v) is 2.24. The maximum atomic E-state index is 5.42. The summed E-state index contributed by atoms with van der Waals surface area (Å²) in [6.07, 6.45) is 1.25. The van der Waals surface area contributed by atoms with Gasteiger partial charge in [-0.05, 0) is 43.5 Å². The van der Waals surface area contributed by atoms with Crippen molar-refractivity contribution in [2.75, 3.05) is 27.8 Å². The highest BCUT2D eigenvalue weighted by molar-refractivity contribution is 5.45. The number of nitrogens with one attached hydrogen (secondary N) is 1. The summed E-state index contributed by atoms with van der Waals surface area (Å²) in [7, 11) is 5.39. The largest absolute Gasteiger partial charge is 0.497 e. The first-order valence-corrected chi connectivity index (χ1v) is 5.66. The molecular formula is C13H19NO2. The van der Waals surface area contributed by atoms with Gasteiger partial charge in [0.05, 0.1) is 14.2 Å². The lowest BCUT2D eigenvalue weighted by atomic mass is 10.1. The minimum atomic E-state index is 0.647. The second-order valence-electron chi connectivity index (χ2n) is 4.27. The third-order valence-corrected chi connectivity index (χ3v) is 3.23. The van der Waals surface area contributed by atoms with E-state index in [0.29, 0.717) is 5.92 Å². The quantitative estimate of drug-likeness (QED) is 0.825. The summed E-state index contributed by atoms with van der Waals surface area (Å²) in [5, 5.41) is 3.22. The van der Waals surface area contributed by atoms with Crippen LogP contribution in [0.3, 0.4) is 0 Å². The Bertz CT molecular complexity index is 365. The van der Waals surface area contributed by atoms with Gasteiger partial charge >= 0.3 is 0 Å². The van der Waals surface area contributed by atoms with Crippen LogP contribution in [-0.4, -0.2) is 27.8 Å². The Kier molecular flexibility index (Phi) is 3.34. The van der Waals surface area contributed by atoms with Gasteiger partial charge in [-0.15, -0.1) is 0 Å². The molecule has 1 aliphatic carbocycles. The standard InChI is InChI=1S/C13H19NO2/c1-14-8-9-6-12(9)11-5-4-10(15-2)7-13(11)16-3/h4-5,7,9,12,14H,6,8H2,1-3H3/t9-,12+/m0/s1. The first-order valence-electron chi connectivity index (χ1n) is 5.66. The highest BCUT2D eigenvalue weighted by Gasteiger charge is 2.39. The molecule has 0 bridgehead atoms. The Balaban J connectivity index is 2.15. The van der Waals surface area contributed by atoms with Crippen LogP contribution in [0.4, 0.5) is 0 Å². The zero-order valence-electron chi connectivity index (χ0n) is 10.1. The Morgan fingerprint density at radius 3 is 2.75 bits per heavy atom. The van der Waals surface area contributed by atoms with Gasteiger partial charge in [0.1, 0.15) is 11.5 Å². The van der Waals surface area contributed by atoms with E-state index >= 15 is 0 Å². The van der Waals surface area contributed by atoms with E-state index < -0.39 is 0 Å². The van der Waals surface area contributed by atoms with E-state index in [-0.39, 0.29) is 0 Å². The fraction of sp³-hybridized carbons (Fsp3) is 0.538. The van der Waals surface area contributed by atoms with Crippen molar-refractivity contribution in [1.29, 1.82) is 0 Å². The van der Waals surface area contributed by atoms with E-state index in [9.17, 15) is 0 Å². The first kappa shape index (κ1) is 11.3. The summed E-state index contributed by atoms with van der Waals surface area (Å²) in [6, 6.07) is 6.09. The Hall–Kier alpha value is -1.22. The van der Waals surface area contributed by atoms with Gasteiger partial charge in [0.15, 0.2) is 0 Å². The third-order valence-electron chi connectivity index (χ3n) is 3.23. The van der Waals surface area contributed by atoms with Gasteiger partial charge in [0, 0.05) is 6.07 Å². The van der Waals surface area contributed by atoms with E-state index in [2.05, 4.69) is 11.4 Å². The molecule has 0 spiro atoms. The topological polar surface area (TPSA) is 30.5 Å². The van der Waals surface area contributed by atoms with Crippen LogP contribution in [0, 0.1) is 5.92 Å². The third kappa shape index (κ3) is 2.14. The van der Waals surface area contributed by atoms with Crippen LogP contribution in [0.15, 0.2) is 18.2 Å². The Morgan fingerprint density at radius 1 is 1.31 bits per heavy atom. The number of hydrogen-bond donors (Lipinski definition) is 1. The van der Waals surface area contributed by atoms with E-state index in [0.717, 1.165) is 24.0 Å². The predicted molar refractivity (Wildman–Crippen MR) is 64.3 cm³/mol. The van der Waals surface area contributed by atoms with Gasteiger partial charge in [0.2, 0.25) is 0 Å². The zero-order chi connectivity index (χ0) is 11.5. The molecule has 0 heterocycles. The first-order chi connectivity index (χ1) is 7.80. The zero-order valence-corrected chi connectivity index (χ0v) is 10.1. The molecule has 2 atom stereocenters. The summed E-state index contributed by atoms with van der Waals surface area (Å²) >= 11 is 0. The molecule has 3 heteroatoms. The minimum absolute atomic E-state index is 0.647. The molecule has 2 rings (SSSR count). The second kappa shape index (κ2) is 4.74. The molecule has 88 valence electrons. The summed E-state index contributed by atoms with van der Waals surface area (Å²) in [6.45, 7) is 1.08. The van der Waals surface area contributed by atoms with Crippen LogP contribution in [-0.2, 0) is 0 Å². The van der Waals surface area contributed by atoms with E-state index in [1.165, 1.54) is 12.0 Å². The van der Waals surface area contributed by atoms with Crippen LogP contribution in [0.1, 0.15) is 17.9 Å². The molecule has 0 aliphatic heterocycles. The maximum absolute atomic E-state index is 5.42. The van der Waals surface area contributed by atoms with Crippen molar-refractivity contribution in [3.8, 4) is 11.5 Å². The van der Waals surface area contributed by atoms with Crippen LogP contribution >= 0.6 is 0 Å². The molecule has 1 aliphatic rings. The van der Waals surface area contributed by atoms with E-state index in [1.807, 2.05) is 19.2 Å². The molecule has 0 unspecified atom stereocenters. The van der Waals surface area contributed by atoms with Gasteiger partial charge < -0.3 is 14.8 Å². The number of hydrogen-bond acceptors (Lipinski definition) is 3. The maximum Gasteiger partial charge on any atom is 0.126 e. The lowest BCUT2D eigenvalue weighted by Crippen LogP contribution is -2.10. The smallest absolute Gasteiger partial charge is 0.126 e. The molecular weight excluding hydrogens is 202 g/mol. The van der Waals surface area contributed by atoms with Crippen LogP contribution in [0.2, 0.25) is 0 Å². The number of ether oxygens (including phenoxy) is 2. The van der Waals surface area contributed by atoms with Crippen molar-refractivity contribution >= 4 is 0 Å². The molecule has 1 saturated carbocycles. The van der Waals surface area contributed by atoms with Crippen molar-refractivity contribution in [1.82, 2.24) is 5.32 Å². The molecule has 0 radical (unpaired) electrons. The van der Waals surface area contributed by atoms with Gasteiger partial charge in [-0.2, -0.15) is 0 Å². The number of benzene rings is 1. The van der Waals surface area contributed by atoms with Crippen LogP contribution < -0.4 is 14.8 Å². The molecule has 1 N–H and O–H groups in total. The summed E-state index contributed by atoms with van der Waals surface area (Å²) in [5.74, 6) is 3.20. The summed E-state index contributed by atoms with van der Waals surface area (Å²) in [4.78, 5) is 0.